The Labute approximate surface area is 206 Å². The van der Waals surface area contributed by atoms with Crippen molar-refractivity contribution in [2.75, 3.05) is 11.9 Å². The number of hydrogen-bond acceptors (Lipinski definition) is 3. The second kappa shape index (κ2) is 8.38. The van der Waals surface area contributed by atoms with Crippen LogP contribution in [0.5, 0.6) is 0 Å². The number of benzene rings is 2. The summed E-state index contributed by atoms with van der Waals surface area (Å²) in [5, 5.41) is 6.20. The molecule has 3 aliphatic carbocycles. The number of hydrogen-bond donors (Lipinski definition) is 3. The van der Waals surface area contributed by atoms with Gasteiger partial charge in [-0.1, -0.05) is 40.2 Å². The lowest BCUT2D eigenvalue weighted by atomic mass is 9.81. The third-order valence-electron chi connectivity index (χ3n) is 7.89. The first-order valence-electron chi connectivity index (χ1n) is 12.0. The highest BCUT2D eigenvalue weighted by molar-refractivity contribution is 9.10. The topological polar surface area (TPSA) is 86.9 Å². The molecule has 3 aromatic rings. The number of fused-ring (bicyclic) bond motifs is 1. The number of rotatable bonds is 7. The first kappa shape index (κ1) is 21.6. The van der Waals surface area contributed by atoms with Crippen molar-refractivity contribution in [3.63, 3.8) is 0 Å². The Hall–Kier alpha value is -2.93. The second-order valence-electron chi connectivity index (χ2n) is 9.81. The number of H-pyrrole nitrogens is 1. The lowest BCUT2D eigenvalue weighted by Crippen LogP contribution is -2.42. The van der Waals surface area contributed by atoms with Gasteiger partial charge < -0.3 is 15.6 Å². The quantitative estimate of drug-likeness (QED) is 0.309. The zero-order valence-corrected chi connectivity index (χ0v) is 20.3. The molecule has 3 N–H and O–H groups in total. The minimum Gasteiger partial charge on any atom is -0.356 e. The van der Waals surface area contributed by atoms with Crippen molar-refractivity contribution >= 4 is 44.5 Å². The minimum atomic E-state index is -0.323. The van der Waals surface area contributed by atoms with Gasteiger partial charge in [-0.3, -0.25) is 9.59 Å². The van der Waals surface area contributed by atoms with Gasteiger partial charge in [0, 0.05) is 23.1 Å². The van der Waals surface area contributed by atoms with Gasteiger partial charge in [0.15, 0.2) is 0 Å². The Morgan fingerprint density at radius 3 is 2.41 bits per heavy atom. The van der Waals surface area contributed by atoms with Gasteiger partial charge in [-0.25, -0.2) is 4.98 Å². The van der Waals surface area contributed by atoms with Crippen LogP contribution >= 0.6 is 15.9 Å². The zero-order chi connectivity index (χ0) is 23.3. The summed E-state index contributed by atoms with van der Waals surface area (Å²) in [5.41, 5.74) is 2.88. The lowest BCUT2D eigenvalue weighted by Gasteiger charge is -2.26. The maximum Gasteiger partial charge on any atom is 0.228 e. The third-order valence-corrected chi connectivity index (χ3v) is 8.42. The summed E-state index contributed by atoms with van der Waals surface area (Å²) in [6, 6.07) is 15.6. The van der Waals surface area contributed by atoms with Gasteiger partial charge in [-0.05, 0) is 72.9 Å². The van der Waals surface area contributed by atoms with Crippen LogP contribution in [0, 0.1) is 29.1 Å². The van der Waals surface area contributed by atoms with Crippen molar-refractivity contribution in [2.45, 2.75) is 25.7 Å². The summed E-state index contributed by atoms with van der Waals surface area (Å²) in [6.45, 7) is 0.571. The van der Waals surface area contributed by atoms with Crippen LogP contribution in [0.4, 0.5) is 5.69 Å². The number of imidazole rings is 1. The number of nitrogens with zero attached hydrogens (tertiary/aromatic N) is 1. The van der Waals surface area contributed by atoms with Crippen LogP contribution in [0.25, 0.3) is 11.0 Å². The Morgan fingerprint density at radius 2 is 1.71 bits per heavy atom. The molecule has 0 unspecified atom stereocenters. The summed E-state index contributed by atoms with van der Waals surface area (Å²) in [7, 11) is 0. The maximum atomic E-state index is 13.4. The van der Waals surface area contributed by atoms with Crippen molar-refractivity contribution in [2.24, 2.45) is 29.1 Å². The summed E-state index contributed by atoms with van der Waals surface area (Å²) in [4.78, 5) is 34.7. The number of carbonyl (C=O) groups is 2. The number of carbonyl (C=O) groups excluding carboxylic acids is 2. The molecule has 2 amide bonds. The van der Waals surface area contributed by atoms with E-state index in [9.17, 15) is 9.59 Å². The Bertz CT molecular complexity index is 1240. The molecule has 7 heteroatoms. The molecule has 0 radical (unpaired) electrons. The van der Waals surface area contributed by atoms with Crippen molar-refractivity contribution in [1.82, 2.24) is 15.3 Å². The highest BCUT2D eigenvalue weighted by Crippen LogP contribution is 2.72. The molecule has 6 nitrogen and oxygen atoms in total. The largest absolute Gasteiger partial charge is 0.356 e. The normalized spacial score (nSPS) is 25.7. The number of aromatic amines is 1. The SMILES string of the molecule is O=C(NCCCc1nc2ccccc2[nH]1)[C@H]1[C@H](C(=O)Nc2ccc(Br)cc2)[C@@H]2C=C[C@H]1C21CC1. The molecule has 4 atom stereocenters. The summed E-state index contributed by atoms with van der Waals surface area (Å²) in [6.07, 6.45) is 8.15. The van der Waals surface area contributed by atoms with E-state index in [0.29, 0.717) is 6.54 Å². The van der Waals surface area contributed by atoms with Gasteiger partial charge in [0.1, 0.15) is 5.82 Å². The van der Waals surface area contributed by atoms with Gasteiger partial charge in [-0.2, -0.15) is 0 Å². The van der Waals surface area contributed by atoms with Crippen LogP contribution < -0.4 is 10.6 Å². The van der Waals surface area contributed by atoms with Crippen LogP contribution in [0.1, 0.15) is 25.1 Å². The first-order chi connectivity index (χ1) is 16.5. The fourth-order valence-electron chi connectivity index (χ4n) is 6.18. The molecule has 2 aromatic carbocycles. The number of anilines is 1. The van der Waals surface area contributed by atoms with Crippen molar-refractivity contribution in [3.05, 3.63) is 71.0 Å². The summed E-state index contributed by atoms with van der Waals surface area (Å²) < 4.78 is 0.963. The van der Waals surface area contributed by atoms with Crippen LogP contribution in [-0.2, 0) is 16.0 Å². The van der Waals surface area contributed by atoms with Gasteiger partial charge in [0.25, 0.3) is 0 Å². The summed E-state index contributed by atoms with van der Waals surface area (Å²) >= 11 is 3.43. The molecule has 1 heterocycles. The molecule has 174 valence electrons. The van der Waals surface area contributed by atoms with Crippen LogP contribution in [0.2, 0.25) is 0 Å². The number of halogens is 1. The molecule has 6 rings (SSSR count). The van der Waals surface area contributed by atoms with Gasteiger partial charge >= 0.3 is 0 Å². The molecule has 2 saturated carbocycles. The van der Waals surface area contributed by atoms with Gasteiger partial charge in [0.05, 0.1) is 22.9 Å². The lowest BCUT2D eigenvalue weighted by molar-refractivity contribution is -0.132. The van der Waals surface area contributed by atoms with Crippen molar-refractivity contribution < 1.29 is 9.59 Å². The number of para-hydroxylation sites is 2. The van der Waals surface area contributed by atoms with E-state index < -0.39 is 0 Å². The van der Waals surface area contributed by atoms with Crippen molar-refractivity contribution in [1.29, 1.82) is 0 Å². The van der Waals surface area contributed by atoms with Crippen LogP contribution in [0.15, 0.2) is 65.2 Å². The van der Waals surface area contributed by atoms with Crippen LogP contribution in [0.3, 0.4) is 0 Å². The predicted octanol–water partition coefficient (Wildman–Crippen LogP) is 4.84. The Balaban J connectivity index is 1.11. The molecular formula is C27H27BrN4O2. The van der Waals surface area contributed by atoms with Gasteiger partial charge in [-0.15, -0.1) is 0 Å². The van der Waals surface area contributed by atoms with E-state index in [1.807, 2.05) is 48.5 Å². The Kier molecular flexibility index (Phi) is 5.32. The average Bonchev–Trinajstić information content (AvgIpc) is 3.32. The molecule has 2 fully saturated rings. The number of aromatic nitrogens is 2. The molecule has 1 spiro atoms. The minimum absolute atomic E-state index is 0.00341. The number of aryl methyl sites for hydroxylation is 1. The van der Waals surface area contributed by atoms with E-state index in [1.165, 1.54) is 0 Å². The van der Waals surface area contributed by atoms with E-state index in [1.54, 1.807) is 0 Å². The average molecular weight is 519 g/mol. The van der Waals surface area contributed by atoms with Crippen LogP contribution in [-0.4, -0.2) is 28.3 Å². The highest BCUT2D eigenvalue weighted by Gasteiger charge is 2.69. The molecule has 34 heavy (non-hydrogen) atoms. The van der Waals surface area contributed by atoms with Gasteiger partial charge in [0.2, 0.25) is 11.8 Å². The van der Waals surface area contributed by atoms with E-state index in [-0.39, 0.29) is 40.9 Å². The smallest absolute Gasteiger partial charge is 0.228 e. The molecule has 2 bridgehead atoms. The molecule has 1 aromatic heterocycles. The molecule has 0 saturated heterocycles. The van der Waals surface area contributed by atoms with E-state index in [4.69, 9.17) is 0 Å². The number of nitrogens with one attached hydrogen (secondary N) is 3. The first-order valence-corrected chi connectivity index (χ1v) is 12.8. The van der Waals surface area contributed by atoms with E-state index >= 15 is 0 Å². The maximum absolute atomic E-state index is 13.4. The Morgan fingerprint density at radius 1 is 1.00 bits per heavy atom. The zero-order valence-electron chi connectivity index (χ0n) is 18.8. The third kappa shape index (κ3) is 3.66. The molecular weight excluding hydrogens is 492 g/mol. The summed E-state index contributed by atoms with van der Waals surface area (Å²) in [5.74, 6) is 0.571. The molecule has 3 aliphatic rings. The van der Waals surface area contributed by atoms with Crippen molar-refractivity contribution in [3.8, 4) is 0 Å². The standard InChI is InChI=1S/C27H27BrN4O2/c28-16-7-9-17(10-8-16)30-26(34)24-19-12-11-18(27(19)13-14-27)23(24)25(33)29-15-3-6-22-31-20-4-1-2-5-21(20)32-22/h1-2,4-5,7-12,18-19,23-24H,3,6,13-15H2,(H,29,33)(H,30,34)(H,31,32)/t18-,19+,23-,24-/m1/s1. The fourth-order valence-corrected chi connectivity index (χ4v) is 6.44. The fraction of sp³-hybridized carbons (Fsp3) is 0.370. The molecule has 0 aliphatic heterocycles. The van der Waals surface area contributed by atoms with E-state index in [2.05, 4.69) is 48.7 Å². The highest BCUT2D eigenvalue weighted by atomic mass is 79.9. The predicted molar refractivity (Wildman–Crippen MR) is 135 cm³/mol. The second-order valence-corrected chi connectivity index (χ2v) is 10.7. The van der Waals surface area contributed by atoms with E-state index in [0.717, 1.165) is 52.7 Å². The number of allylic oxidation sites excluding steroid dienone is 2. The monoisotopic (exact) mass is 518 g/mol. The number of amides is 2.